The van der Waals surface area contributed by atoms with E-state index in [2.05, 4.69) is 37.0 Å². The summed E-state index contributed by atoms with van der Waals surface area (Å²) < 4.78 is 0. The van der Waals surface area contributed by atoms with Crippen LogP contribution in [-0.2, 0) is 5.41 Å². The molecule has 0 bridgehead atoms. The van der Waals surface area contributed by atoms with Gasteiger partial charge >= 0.3 is 0 Å². The van der Waals surface area contributed by atoms with E-state index in [0.29, 0.717) is 0 Å². The fraction of sp³-hybridized carbons (Fsp3) is 0.600. The fourth-order valence-corrected chi connectivity index (χ4v) is 0.984. The molecule has 0 N–H and O–H groups in total. The summed E-state index contributed by atoms with van der Waals surface area (Å²) >= 11 is 0. The zero-order chi connectivity index (χ0) is 10.1. The Morgan fingerprint density at radius 3 is 2.31 bits per heavy atom. The third-order valence-electron chi connectivity index (χ3n) is 1.97. The minimum atomic E-state index is 0.140. The van der Waals surface area contributed by atoms with Gasteiger partial charge in [-0.1, -0.05) is 20.8 Å². The van der Waals surface area contributed by atoms with Gasteiger partial charge < -0.3 is 4.90 Å². The maximum Gasteiger partial charge on any atom is 0.151 e. The van der Waals surface area contributed by atoms with E-state index >= 15 is 0 Å². The number of anilines is 1. The predicted molar refractivity (Wildman–Crippen MR) is 55.1 cm³/mol. The summed E-state index contributed by atoms with van der Waals surface area (Å²) in [6, 6.07) is 2.08. The second-order valence-corrected chi connectivity index (χ2v) is 4.45. The van der Waals surface area contributed by atoms with Gasteiger partial charge in [0.25, 0.3) is 0 Å². The minimum absolute atomic E-state index is 0.140. The monoisotopic (exact) mass is 179 g/mol. The fourth-order valence-electron chi connectivity index (χ4n) is 0.984. The van der Waals surface area contributed by atoms with Crippen LogP contribution in [-0.4, -0.2) is 24.3 Å². The van der Waals surface area contributed by atoms with Crippen LogP contribution in [0.1, 0.15) is 26.3 Å². The highest BCUT2D eigenvalue weighted by Gasteiger charge is 2.15. The topological polar surface area (TPSA) is 29.0 Å². The van der Waals surface area contributed by atoms with E-state index in [1.54, 1.807) is 0 Å². The molecule has 0 aliphatic carbocycles. The first-order chi connectivity index (χ1) is 5.91. The lowest BCUT2D eigenvalue weighted by molar-refractivity contribution is 0.584. The summed E-state index contributed by atoms with van der Waals surface area (Å²) in [5.41, 5.74) is 1.35. The van der Waals surface area contributed by atoms with E-state index in [1.807, 2.05) is 25.2 Å². The number of nitrogens with zero attached hydrogens (tertiary/aromatic N) is 3. The van der Waals surface area contributed by atoms with E-state index in [4.69, 9.17) is 0 Å². The lowest BCUT2D eigenvalue weighted by atomic mass is 9.88. The predicted octanol–water partition coefficient (Wildman–Crippen LogP) is 1.84. The molecule has 1 heterocycles. The van der Waals surface area contributed by atoms with Crippen molar-refractivity contribution >= 4 is 5.82 Å². The quantitative estimate of drug-likeness (QED) is 0.658. The van der Waals surface area contributed by atoms with Crippen molar-refractivity contribution in [3.8, 4) is 0 Å². The van der Waals surface area contributed by atoms with Gasteiger partial charge in [0.15, 0.2) is 5.82 Å². The number of rotatable bonds is 1. The lowest BCUT2D eigenvalue weighted by Gasteiger charge is -2.20. The summed E-state index contributed by atoms with van der Waals surface area (Å²) in [4.78, 5) is 1.96. The Balaban J connectivity index is 3.06. The van der Waals surface area contributed by atoms with Crippen molar-refractivity contribution in [3.05, 3.63) is 17.8 Å². The third-order valence-corrected chi connectivity index (χ3v) is 1.97. The molecule has 0 aliphatic rings. The summed E-state index contributed by atoms with van der Waals surface area (Å²) in [5, 5.41) is 8.01. The molecule has 3 heteroatoms. The van der Waals surface area contributed by atoms with Crippen LogP contribution in [0.4, 0.5) is 5.82 Å². The summed E-state index contributed by atoms with van der Waals surface area (Å²) in [7, 11) is 3.94. The second kappa shape index (κ2) is 3.32. The van der Waals surface area contributed by atoms with Crippen LogP contribution in [0.5, 0.6) is 0 Å². The van der Waals surface area contributed by atoms with Crippen molar-refractivity contribution in [2.75, 3.05) is 19.0 Å². The number of aromatic nitrogens is 2. The molecule has 0 aliphatic heterocycles. The Morgan fingerprint density at radius 1 is 1.23 bits per heavy atom. The average Bonchev–Trinajstić information content (AvgIpc) is 2.03. The van der Waals surface area contributed by atoms with E-state index in [0.717, 1.165) is 5.82 Å². The molecular weight excluding hydrogens is 162 g/mol. The Morgan fingerprint density at radius 2 is 1.85 bits per heavy atom. The number of hydrogen-bond donors (Lipinski definition) is 0. The van der Waals surface area contributed by atoms with Crippen LogP contribution >= 0.6 is 0 Å². The van der Waals surface area contributed by atoms with E-state index in [-0.39, 0.29) is 5.41 Å². The molecule has 0 aromatic carbocycles. The van der Waals surface area contributed by atoms with Gasteiger partial charge in [-0.05, 0) is 17.0 Å². The maximum atomic E-state index is 4.03. The van der Waals surface area contributed by atoms with Crippen molar-refractivity contribution in [1.82, 2.24) is 10.2 Å². The smallest absolute Gasteiger partial charge is 0.151 e. The van der Waals surface area contributed by atoms with Crippen LogP contribution in [0.2, 0.25) is 0 Å². The van der Waals surface area contributed by atoms with Crippen molar-refractivity contribution < 1.29 is 0 Å². The Bertz CT molecular complexity index is 286. The van der Waals surface area contributed by atoms with Crippen LogP contribution in [0.3, 0.4) is 0 Å². The molecular formula is C10H17N3. The maximum absolute atomic E-state index is 4.03. The molecule has 1 aromatic rings. The van der Waals surface area contributed by atoms with E-state index < -0.39 is 0 Å². The molecule has 0 radical (unpaired) electrons. The SMILES string of the molecule is CN(C)c1cc(C(C)(C)C)cnn1. The minimum Gasteiger partial charge on any atom is -0.361 e. The molecule has 0 atom stereocenters. The largest absolute Gasteiger partial charge is 0.361 e. The summed E-state index contributed by atoms with van der Waals surface area (Å²) in [6.07, 6.45) is 1.83. The molecule has 13 heavy (non-hydrogen) atoms. The first-order valence-corrected chi connectivity index (χ1v) is 4.42. The summed E-state index contributed by atoms with van der Waals surface area (Å²) in [6.45, 7) is 6.51. The zero-order valence-electron chi connectivity index (χ0n) is 9.00. The second-order valence-electron chi connectivity index (χ2n) is 4.45. The van der Waals surface area contributed by atoms with Crippen molar-refractivity contribution in [2.45, 2.75) is 26.2 Å². The first kappa shape index (κ1) is 9.96. The van der Waals surface area contributed by atoms with Gasteiger partial charge in [-0.3, -0.25) is 0 Å². The average molecular weight is 179 g/mol. The highest BCUT2D eigenvalue weighted by molar-refractivity contribution is 5.39. The van der Waals surface area contributed by atoms with Crippen LogP contribution in [0, 0.1) is 0 Å². The van der Waals surface area contributed by atoms with Crippen LogP contribution in [0.25, 0.3) is 0 Å². The van der Waals surface area contributed by atoms with Gasteiger partial charge in [0.05, 0.1) is 6.20 Å². The molecule has 0 unspecified atom stereocenters. The Labute approximate surface area is 79.8 Å². The standard InChI is InChI=1S/C10H17N3/c1-10(2,3)8-6-9(13(4)5)12-11-7-8/h6-7H,1-5H3. The molecule has 1 rings (SSSR count). The molecule has 0 fully saturated rings. The summed E-state index contributed by atoms with van der Waals surface area (Å²) in [5.74, 6) is 0.910. The van der Waals surface area contributed by atoms with E-state index in [1.165, 1.54) is 5.56 Å². The normalized spacial score (nSPS) is 11.5. The van der Waals surface area contributed by atoms with Crippen molar-refractivity contribution in [1.29, 1.82) is 0 Å². The Hall–Kier alpha value is -1.12. The third kappa shape index (κ3) is 2.41. The van der Waals surface area contributed by atoms with Gasteiger partial charge in [0.2, 0.25) is 0 Å². The van der Waals surface area contributed by atoms with Gasteiger partial charge in [-0.15, -0.1) is 5.10 Å². The highest BCUT2D eigenvalue weighted by Crippen LogP contribution is 2.22. The molecule has 0 saturated carbocycles. The Kier molecular flexibility index (Phi) is 2.55. The highest BCUT2D eigenvalue weighted by atomic mass is 15.2. The molecule has 72 valence electrons. The van der Waals surface area contributed by atoms with Crippen LogP contribution < -0.4 is 4.90 Å². The van der Waals surface area contributed by atoms with E-state index in [9.17, 15) is 0 Å². The molecule has 1 aromatic heterocycles. The van der Waals surface area contributed by atoms with Gasteiger partial charge in [0, 0.05) is 14.1 Å². The molecule has 0 amide bonds. The molecule has 3 nitrogen and oxygen atoms in total. The molecule has 0 spiro atoms. The first-order valence-electron chi connectivity index (χ1n) is 4.42. The lowest BCUT2D eigenvalue weighted by Crippen LogP contribution is -2.16. The zero-order valence-corrected chi connectivity index (χ0v) is 9.00. The number of hydrogen-bond acceptors (Lipinski definition) is 3. The van der Waals surface area contributed by atoms with Gasteiger partial charge in [-0.25, -0.2) is 0 Å². The molecule has 0 saturated heterocycles. The van der Waals surface area contributed by atoms with Crippen molar-refractivity contribution in [3.63, 3.8) is 0 Å². The van der Waals surface area contributed by atoms with Crippen LogP contribution in [0.15, 0.2) is 12.3 Å². The van der Waals surface area contributed by atoms with Crippen molar-refractivity contribution in [2.24, 2.45) is 0 Å². The van der Waals surface area contributed by atoms with Gasteiger partial charge in [-0.2, -0.15) is 5.10 Å². The van der Waals surface area contributed by atoms with Gasteiger partial charge in [0.1, 0.15) is 0 Å².